The molecule has 1 aromatic carbocycles. The first-order chi connectivity index (χ1) is 12.5. The van der Waals surface area contributed by atoms with Crippen molar-refractivity contribution in [3.63, 3.8) is 0 Å². The van der Waals surface area contributed by atoms with E-state index in [2.05, 4.69) is 54.2 Å². The first-order valence-electron chi connectivity index (χ1n) is 9.41. The van der Waals surface area contributed by atoms with Crippen molar-refractivity contribution in [1.82, 2.24) is 9.88 Å². The highest BCUT2D eigenvalue weighted by Gasteiger charge is 2.13. The number of nitrogens with zero attached hydrogens (tertiary/aromatic N) is 3. The lowest BCUT2D eigenvalue weighted by molar-refractivity contribution is 0.0767. The molecule has 140 valence electrons. The molecule has 0 aliphatic rings. The van der Waals surface area contributed by atoms with Gasteiger partial charge in [-0.2, -0.15) is 0 Å². The highest BCUT2D eigenvalue weighted by atomic mass is 16.2. The molecule has 0 saturated carbocycles. The van der Waals surface area contributed by atoms with Gasteiger partial charge in [0.2, 0.25) is 0 Å². The largest absolute Gasteiger partial charge is 0.372 e. The van der Waals surface area contributed by atoms with Crippen LogP contribution in [0.5, 0.6) is 0 Å². The van der Waals surface area contributed by atoms with Crippen LogP contribution in [0.25, 0.3) is 0 Å². The van der Waals surface area contributed by atoms with Gasteiger partial charge in [-0.05, 0) is 70.5 Å². The third-order valence-electron chi connectivity index (χ3n) is 4.65. The summed E-state index contributed by atoms with van der Waals surface area (Å²) in [6, 6.07) is 10.1. The molecule has 1 amide bonds. The van der Waals surface area contributed by atoms with Gasteiger partial charge in [0.15, 0.2) is 0 Å². The lowest BCUT2D eigenvalue weighted by atomic mass is 10.1. The summed E-state index contributed by atoms with van der Waals surface area (Å²) in [7, 11) is 0. The minimum Gasteiger partial charge on any atom is -0.372 e. The van der Waals surface area contributed by atoms with Crippen LogP contribution in [0.15, 0.2) is 36.5 Å². The Kier molecular flexibility index (Phi) is 7.01. The van der Waals surface area contributed by atoms with Gasteiger partial charge in [-0.15, -0.1) is 0 Å². The van der Waals surface area contributed by atoms with Crippen molar-refractivity contribution in [2.75, 3.05) is 36.4 Å². The minimum atomic E-state index is -0.0266. The quantitative estimate of drug-likeness (QED) is 0.760. The van der Waals surface area contributed by atoms with Crippen LogP contribution in [0.2, 0.25) is 0 Å². The summed E-state index contributed by atoms with van der Waals surface area (Å²) in [6.07, 6.45) is 1.72. The van der Waals surface area contributed by atoms with Crippen LogP contribution in [-0.4, -0.2) is 42.0 Å². The fourth-order valence-corrected chi connectivity index (χ4v) is 3.00. The zero-order chi connectivity index (χ0) is 19.1. The van der Waals surface area contributed by atoms with E-state index in [1.807, 2.05) is 19.9 Å². The Morgan fingerprint density at radius 3 is 2.19 bits per heavy atom. The van der Waals surface area contributed by atoms with E-state index in [1.54, 1.807) is 17.2 Å². The molecule has 0 saturated heterocycles. The van der Waals surface area contributed by atoms with E-state index in [9.17, 15) is 4.79 Å². The second kappa shape index (κ2) is 9.22. The van der Waals surface area contributed by atoms with E-state index in [1.165, 1.54) is 11.3 Å². The van der Waals surface area contributed by atoms with Crippen LogP contribution in [0.3, 0.4) is 0 Å². The first kappa shape index (κ1) is 19.8. The molecule has 0 bridgehead atoms. The van der Waals surface area contributed by atoms with E-state index in [4.69, 9.17) is 0 Å². The Morgan fingerprint density at radius 2 is 1.69 bits per heavy atom. The van der Waals surface area contributed by atoms with Crippen molar-refractivity contribution in [2.24, 2.45) is 0 Å². The van der Waals surface area contributed by atoms with Crippen molar-refractivity contribution < 1.29 is 4.79 Å². The molecule has 2 rings (SSSR count). The second-order valence-corrected chi connectivity index (χ2v) is 6.21. The summed E-state index contributed by atoms with van der Waals surface area (Å²) in [4.78, 5) is 20.8. The normalized spacial score (nSPS) is 10.5. The second-order valence-electron chi connectivity index (χ2n) is 6.21. The molecular weight excluding hydrogens is 324 g/mol. The zero-order valence-electron chi connectivity index (χ0n) is 16.5. The highest BCUT2D eigenvalue weighted by molar-refractivity contribution is 5.92. The van der Waals surface area contributed by atoms with E-state index in [0.29, 0.717) is 18.8 Å². The molecule has 0 atom stereocenters. The number of aryl methyl sites for hydroxylation is 1. The summed E-state index contributed by atoms with van der Waals surface area (Å²) in [6.45, 7) is 13.7. The Hall–Kier alpha value is -2.56. The van der Waals surface area contributed by atoms with Crippen molar-refractivity contribution in [3.05, 3.63) is 47.8 Å². The SMILES string of the molecule is CCN(CC)C(=O)c1ccc(Nc2ccc(N(CC)CC)cc2C)cn1. The van der Waals surface area contributed by atoms with Crippen LogP contribution in [0.4, 0.5) is 17.1 Å². The molecular formula is C21H30N4O. The number of anilines is 3. The lowest BCUT2D eigenvalue weighted by Crippen LogP contribution is -2.31. The number of aromatic nitrogens is 1. The Balaban J connectivity index is 2.13. The van der Waals surface area contributed by atoms with Crippen LogP contribution in [-0.2, 0) is 0 Å². The topological polar surface area (TPSA) is 48.5 Å². The van der Waals surface area contributed by atoms with Gasteiger partial charge in [-0.25, -0.2) is 4.98 Å². The number of hydrogen-bond donors (Lipinski definition) is 1. The molecule has 1 aromatic heterocycles. The standard InChI is InChI=1S/C21H30N4O/c1-6-24(7-2)18-11-13-19(16(5)14-18)23-17-10-12-20(22-15-17)21(26)25(8-3)9-4/h10-15,23H,6-9H2,1-5H3. The average molecular weight is 354 g/mol. The van der Waals surface area contributed by atoms with Crippen LogP contribution < -0.4 is 10.2 Å². The van der Waals surface area contributed by atoms with Gasteiger partial charge in [0.1, 0.15) is 5.69 Å². The van der Waals surface area contributed by atoms with E-state index in [-0.39, 0.29) is 5.91 Å². The van der Waals surface area contributed by atoms with E-state index < -0.39 is 0 Å². The van der Waals surface area contributed by atoms with Crippen molar-refractivity contribution >= 4 is 23.0 Å². The molecule has 0 fully saturated rings. The molecule has 0 unspecified atom stereocenters. The third-order valence-corrected chi connectivity index (χ3v) is 4.65. The van der Waals surface area contributed by atoms with E-state index >= 15 is 0 Å². The van der Waals surface area contributed by atoms with Gasteiger partial charge in [-0.3, -0.25) is 4.79 Å². The smallest absolute Gasteiger partial charge is 0.272 e. The molecule has 0 aliphatic heterocycles. The highest BCUT2D eigenvalue weighted by Crippen LogP contribution is 2.25. The van der Waals surface area contributed by atoms with Gasteiger partial charge < -0.3 is 15.1 Å². The predicted octanol–water partition coefficient (Wildman–Crippen LogP) is 4.46. The van der Waals surface area contributed by atoms with Crippen molar-refractivity contribution in [3.8, 4) is 0 Å². The molecule has 0 radical (unpaired) electrons. The molecule has 1 N–H and O–H groups in total. The maximum Gasteiger partial charge on any atom is 0.272 e. The zero-order valence-corrected chi connectivity index (χ0v) is 16.5. The van der Waals surface area contributed by atoms with Crippen molar-refractivity contribution in [1.29, 1.82) is 0 Å². The van der Waals surface area contributed by atoms with Gasteiger partial charge in [0, 0.05) is 37.6 Å². The number of nitrogens with one attached hydrogen (secondary N) is 1. The fourth-order valence-electron chi connectivity index (χ4n) is 3.00. The van der Waals surface area contributed by atoms with Crippen LogP contribution >= 0.6 is 0 Å². The fraction of sp³-hybridized carbons (Fsp3) is 0.429. The molecule has 2 aromatic rings. The van der Waals surface area contributed by atoms with Gasteiger partial charge in [-0.1, -0.05) is 0 Å². The maximum absolute atomic E-state index is 12.3. The van der Waals surface area contributed by atoms with Crippen molar-refractivity contribution in [2.45, 2.75) is 34.6 Å². The average Bonchev–Trinajstić information content (AvgIpc) is 2.66. The maximum atomic E-state index is 12.3. The monoisotopic (exact) mass is 354 g/mol. The molecule has 0 spiro atoms. The number of rotatable bonds is 8. The third kappa shape index (κ3) is 4.54. The summed E-state index contributed by atoms with van der Waals surface area (Å²) in [5, 5.41) is 3.39. The predicted molar refractivity (Wildman–Crippen MR) is 110 cm³/mol. The summed E-state index contributed by atoms with van der Waals surface area (Å²) in [5.41, 5.74) is 4.81. The molecule has 26 heavy (non-hydrogen) atoms. The first-order valence-corrected chi connectivity index (χ1v) is 9.41. The van der Waals surface area contributed by atoms with Gasteiger partial charge >= 0.3 is 0 Å². The molecule has 5 nitrogen and oxygen atoms in total. The minimum absolute atomic E-state index is 0.0266. The van der Waals surface area contributed by atoms with Crippen LogP contribution in [0, 0.1) is 6.92 Å². The van der Waals surface area contributed by atoms with Gasteiger partial charge in [0.05, 0.1) is 11.9 Å². The van der Waals surface area contributed by atoms with Gasteiger partial charge in [0.25, 0.3) is 5.91 Å². The van der Waals surface area contributed by atoms with E-state index in [0.717, 1.165) is 24.5 Å². The number of pyridine rings is 1. The lowest BCUT2D eigenvalue weighted by Gasteiger charge is -2.22. The number of carbonyl (C=O) groups is 1. The molecule has 5 heteroatoms. The summed E-state index contributed by atoms with van der Waals surface area (Å²) >= 11 is 0. The number of carbonyl (C=O) groups excluding carboxylic acids is 1. The Labute approximate surface area is 157 Å². The Morgan fingerprint density at radius 1 is 1.00 bits per heavy atom. The summed E-state index contributed by atoms with van der Waals surface area (Å²) in [5.74, 6) is -0.0266. The number of amides is 1. The molecule has 0 aliphatic carbocycles. The Bertz CT molecular complexity index is 719. The summed E-state index contributed by atoms with van der Waals surface area (Å²) < 4.78 is 0. The molecule has 1 heterocycles. The number of benzene rings is 1. The van der Waals surface area contributed by atoms with Crippen LogP contribution in [0.1, 0.15) is 43.7 Å². The number of hydrogen-bond acceptors (Lipinski definition) is 4.